The molecule has 0 unspecified atom stereocenters. The Morgan fingerprint density at radius 1 is 1.06 bits per heavy atom. The van der Waals surface area contributed by atoms with Crippen LogP contribution < -0.4 is 10.6 Å². The average Bonchev–Trinajstić information content (AvgIpc) is 3.48. The number of unbranched alkanes of at least 4 members (excludes halogenated alkanes) is 1. The first kappa shape index (κ1) is 21.2. The first-order valence-electron chi connectivity index (χ1n) is 11.6. The molecule has 5 rings (SSSR count). The van der Waals surface area contributed by atoms with Gasteiger partial charge in [-0.25, -0.2) is 24.3 Å². The molecule has 9 heteroatoms. The van der Waals surface area contributed by atoms with Gasteiger partial charge in [0.05, 0.1) is 11.3 Å². The molecule has 170 valence electrons. The van der Waals surface area contributed by atoms with Crippen molar-refractivity contribution >= 4 is 17.5 Å². The zero-order chi connectivity index (χ0) is 22.6. The summed E-state index contributed by atoms with van der Waals surface area (Å²) in [6.45, 7) is 2.95. The van der Waals surface area contributed by atoms with E-state index in [1.807, 2.05) is 6.07 Å². The maximum absolute atomic E-state index is 13.6. The van der Waals surface area contributed by atoms with Gasteiger partial charge >= 0.3 is 0 Å². The number of aromatic nitrogens is 6. The van der Waals surface area contributed by atoms with Crippen molar-refractivity contribution in [1.82, 2.24) is 29.5 Å². The Balaban J connectivity index is 1.63. The zero-order valence-corrected chi connectivity index (χ0v) is 18.6. The van der Waals surface area contributed by atoms with Crippen LogP contribution in [-0.4, -0.2) is 42.1 Å². The number of fused-ring (bicyclic) bond motifs is 1. The molecule has 0 bridgehead atoms. The van der Waals surface area contributed by atoms with E-state index in [1.165, 1.54) is 25.0 Å². The minimum atomic E-state index is -0.295. The number of rotatable bonds is 8. The Labute approximate surface area is 191 Å². The summed E-state index contributed by atoms with van der Waals surface area (Å²) in [6, 6.07) is 8.54. The molecule has 0 atom stereocenters. The highest BCUT2D eigenvalue weighted by Crippen LogP contribution is 2.34. The lowest BCUT2D eigenvalue weighted by Gasteiger charge is -2.12. The first-order valence-corrected chi connectivity index (χ1v) is 11.6. The van der Waals surface area contributed by atoms with E-state index in [0.29, 0.717) is 35.0 Å². The van der Waals surface area contributed by atoms with Crippen molar-refractivity contribution in [2.45, 2.75) is 51.5 Å². The Kier molecular flexibility index (Phi) is 6.10. The summed E-state index contributed by atoms with van der Waals surface area (Å²) in [4.78, 5) is 18.1. The van der Waals surface area contributed by atoms with Gasteiger partial charge in [-0.1, -0.05) is 26.2 Å². The lowest BCUT2D eigenvalue weighted by Crippen LogP contribution is -2.18. The van der Waals surface area contributed by atoms with E-state index in [0.717, 1.165) is 43.4 Å². The summed E-state index contributed by atoms with van der Waals surface area (Å²) in [5, 5.41) is 11.7. The SMILES string of the molecule is CCCCNc1nccc(-c2c(-c3ccc(F)cc3)nn3c(NC4CCCC4)ncnc23)n1. The highest BCUT2D eigenvalue weighted by Gasteiger charge is 2.23. The summed E-state index contributed by atoms with van der Waals surface area (Å²) in [7, 11) is 0. The van der Waals surface area contributed by atoms with Gasteiger partial charge < -0.3 is 10.6 Å². The summed E-state index contributed by atoms with van der Waals surface area (Å²) < 4.78 is 15.4. The first-order chi connectivity index (χ1) is 16.2. The number of anilines is 2. The molecule has 0 amide bonds. The number of hydrogen-bond donors (Lipinski definition) is 2. The quantitative estimate of drug-likeness (QED) is 0.370. The number of nitrogens with zero attached hydrogens (tertiary/aromatic N) is 6. The van der Waals surface area contributed by atoms with Crippen LogP contribution in [0.4, 0.5) is 16.3 Å². The largest absolute Gasteiger partial charge is 0.354 e. The third kappa shape index (κ3) is 4.48. The third-order valence-electron chi connectivity index (χ3n) is 5.95. The van der Waals surface area contributed by atoms with Crippen molar-refractivity contribution in [2.75, 3.05) is 17.2 Å². The predicted molar refractivity (Wildman–Crippen MR) is 126 cm³/mol. The molecule has 2 N–H and O–H groups in total. The zero-order valence-electron chi connectivity index (χ0n) is 18.6. The van der Waals surface area contributed by atoms with E-state index in [4.69, 9.17) is 10.1 Å². The molecular formula is C24H27FN8. The van der Waals surface area contributed by atoms with Crippen LogP contribution in [0.3, 0.4) is 0 Å². The van der Waals surface area contributed by atoms with Gasteiger partial charge in [0.15, 0.2) is 5.65 Å². The van der Waals surface area contributed by atoms with Gasteiger partial charge in [-0.05, 0) is 49.6 Å². The van der Waals surface area contributed by atoms with Crippen molar-refractivity contribution in [3.63, 3.8) is 0 Å². The van der Waals surface area contributed by atoms with Crippen LogP contribution in [0.5, 0.6) is 0 Å². The van der Waals surface area contributed by atoms with Crippen LogP contribution in [0.1, 0.15) is 45.4 Å². The summed E-state index contributed by atoms with van der Waals surface area (Å²) in [5.41, 5.74) is 3.55. The molecule has 3 aromatic heterocycles. The fourth-order valence-corrected chi connectivity index (χ4v) is 4.23. The molecule has 0 radical (unpaired) electrons. The maximum atomic E-state index is 13.6. The molecule has 1 aliphatic rings. The smallest absolute Gasteiger partial charge is 0.227 e. The topological polar surface area (TPSA) is 92.9 Å². The number of halogens is 1. The molecule has 8 nitrogen and oxygen atoms in total. The molecule has 1 saturated carbocycles. The molecule has 4 aromatic rings. The van der Waals surface area contributed by atoms with E-state index >= 15 is 0 Å². The molecule has 1 aliphatic carbocycles. The van der Waals surface area contributed by atoms with E-state index in [-0.39, 0.29) is 5.82 Å². The normalized spacial score (nSPS) is 14.1. The van der Waals surface area contributed by atoms with E-state index in [9.17, 15) is 4.39 Å². The lowest BCUT2D eigenvalue weighted by molar-refractivity contribution is 0.628. The molecule has 33 heavy (non-hydrogen) atoms. The third-order valence-corrected chi connectivity index (χ3v) is 5.95. The van der Waals surface area contributed by atoms with Gasteiger partial charge in [0.25, 0.3) is 0 Å². The summed E-state index contributed by atoms with van der Waals surface area (Å²) in [6.07, 6.45) is 10.1. The van der Waals surface area contributed by atoms with Crippen LogP contribution >= 0.6 is 0 Å². The standard InChI is InChI=1S/C24H27FN8/c1-2-3-13-26-23-27-14-12-19(31-23)20-21(16-8-10-17(25)11-9-16)32-33-22(20)28-15-29-24(33)30-18-6-4-5-7-18/h8-12,14-15,18H,2-7,13H2,1H3,(H,26,27,31)(H,28,29,30). The predicted octanol–water partition coefficient (Wildman–Crippen LogP) is 4.95. The number of nitrogens with one attached hydrogen (secondary N) is 2. The highest BCUT2D eigenvalue weighted by atomic mass is 19.1. The molecule has 0 spiro atoms. The Hall–Kier alpha value is -3.62. The molecule has 1 fully saturated rings. The molecule has 3 heterocycles. The maximum Gasteiger partial charge on any atom is 0.227 e. The van der Waals surface area contributed by atoms with Gasteiger partial charge in [-0.15, -0.1) is 0 Å². The van der Waals surface area contributed by atoms with Gasteiger partial charge in [0.2, 0.25) is 11.9 Å². The van der Waals surface area contributed by atoms with Crippen LogP contribution in [0, 0.1) is 5.82 Å². The van der Waals surface area contributed by atoms with Gasteiger partial charge in [0, 0.05) is 24.3 Å². The van der Waals surface area contributed by atoms with Crippen molar-refractivity contribution in [3.8, 4) is 22.5 Å². The molecule has 1 aromatic carbocycles. The minimum absolute atomic E-state index is 0.295. The highest BCUT2D eigenvalue weighted by molar-refractivity contribution is 5.89. The van der Waals surface area contributed by atoms with Crippen molar-refractivity contribution in [2.24, 2.45) is 0 Å². The molecule has 0 saturated heterocycles. The van der Waals surface area contributed by atoms with E-state index in [2.05, 4.69) is 32.5 Å². The van der Waals surface area contributed by atoms with Gasteiger partial charge in [-0.3, -0.25) is 0 Å². The monoisotopic (exact) mass is 446 g/mol. The van der Waals surface area contributed by atoms with Crippen molar-refractivity contribution < 1.29 is 4.39 Å². The average molecular weight is 447 g/mol. The summed E-state index contributed by atoms with van der Waals surface area (Å²) >= 11 is 0. The summed E-state index contributed by atoms with van der Waals surface area (Å²) in [5.74, 6) is 0.914. The van der Waals surface area contributed by atoms with Gasteiger partial charge in [-0.2, -0.15) is 9.61 Å². The Morgan fingerprint density at radius 2 is 1.88 bits per heavy atom. The molecular weight excluding hydrogens is 419 g/mol. The number of hydrogen-bond acceptors (Lipinski definition) is 7. The molecule has 0 aliphatic heterocycles. The van der Waals surface area contributed by atoms with E-state index in [1.54, 1.807) is 29.2 Å². The van der Waals surface area contributed by atoms with Crippen LogP contribution in [0.25, 0.3) is 28.2 Å². The second-order valence-electron chi connectivity index (χ2n) is 8.33. The van der Waals surface area contributed by atoms with Crippen LogP contribution in [0.15, 0.2) is 42.9 Å². The van der Waals surface area contributed by atoms with Gasteiger partial charge in [0.1, 0.15) is 17.8 Å². The van der Waals surface area contributed by atoms with Crippen LogP contribution in [0.2, 0.25) is 0 Å². The Morgan fingerprint density at radius 3 is 2.67 bits per heavy atom. The second kappa shape index (κ2) is 9.48. The fourth-order valence-electron chi connectivity index (χ4n) is 4.23. The lowest BCUT2D eigenvalue weighted by atomic mass is 10.1. The fraction of sp³-hybridized carbons (Fsp3) is 0.375. The van der Waals surface area contributed by atoms with Crippen molar-refractivity contribution in [1.29, 1.82) is 0 Å². The second-order valence-corrected chi connectivity index (χ2v) is 8.33. The van der Waals surface area contributed by atoms with Crippen LogP contribution in [-0.2, 0) is 0 Å². The van der Waals surface area contributed by atoms with E-state index < -0.39 is 0 Å². The minimum Gasteiger partial charge on any atom is -0.354 e. The Bertz CT molecular complexity index is 1230. The number of benzene rings is 1. The van der Waals surface area contributed by atoms with Crippen molar-refractivity contribution in [3.05, 3.63) is 48.7 Å².